The van der Waals surface area contributed by atoms with Crippen molar-refractivity contribution in [2.75, 3.05) is 14.2 Å². The highest BCUT2D eigenvalue weighted by atomic mass is 19.1. The van der Waals surface area contributed by atoms with E-state index in [-0.39, 0.29) is 17.1 Å². The molecule has 0 saturated carbocycles. The van der Waals surface area contributed by atoms with Gasteiger partial charge in [-0.15, -0.1) is 0 Å². The molecule has 0 fully saturated rings. The summed E-state index contributed by atoms with van der Waals surface area (Å²) in [5.41, 5.74) is 0.556. The predicted octanol–water partition coefficient (Wildman–Crippen LogP) is 3.22. The van der Waals surface area contributed by atoms with Crippen LogP contribution < -0.4 is 9.47 Å². The lowest BCUT2D eigenvalue weighted by Gasteiger charge is -2.12. The largest absolute Gasteiger partial charge is 0.504 e. The average Bonchev–Trinajstić information content (AvgIpc) is 2.39. The van der Waals surface area contributed by atoms with Crippen LogP contribution in [0.25, 0.3) is 11.1 Å². The molecule has 0 bridgehead atoms. The highest BCUT2D eigenvalue weighted by Gasteiger charge is 2.17. The van der Waals surface area contributed by atoms with Crippen LogP contribution in [0.15, 0.2) is 36.4 Å². The van der Waals surface area contributed by atoms with Gasteiger partial charge >= 0.3 is 0 Å². The first-order chi connectivity index (χ1) is 8.69. The van der Waals surface area contributed by atoms with Crippen molar-refractivity contribution < 1.29 is 19.0 Å². The van der Waals surface area contributed by atoms with Crippen LogP contribution in [0.1, 0.15) is 0 Å². The number of benzene rings is 2. The Morgan fingerprint density at radius 2 is 1.56 bits per heavy atom. The number of hydrogen-bond acceptors (Lipinski definition) is 3. The molecular weight excluding hydrogens is 235 g/mol. The van der Waals surface area contributed by atoms with Gasteiger partial charge in [0.15, 0.2) is 11.5 Å². The molecule has 1 N–H and O–H groups in total. The van der Waals surface area contributed by atoms with Gasteiger partial charge in [-0.1, -0.05) is 18.2 Å². The first-order valence-corrected chi connectivity index (χ1v) is 5.38. The average molecular weight is 248 g/mol. The monoisotopic (exact) mass is 248 g/mol. The van der Waals surface area contributed by atoms with Crippen molar-refractivity contribution in [2.24, 2.45) is 0 Å². The van der Waals surface area contributed by atoms with Gasteiger partial charge in [0, 0.05) is 5.56 Å². The van der Waals surface area contributed by atoms with Gasteiger partial charge in [-0.25, -0.2) is 4.39 Å². The smallest absolute Gasteiger partial charge is 0.165 e. The summed E-state index contributed by atoms with van der Waals surface area (Å²) >= 11 is 0. The standard InChI is InChI=1S/C14H13FO3/c1-17-11-7-4-6-10(15)13(11)9-5-3-8-12(18-2)14(9)16/h3-8,16H,1-2H3. The Morgan fingerprint density at radius 3 is 2.22 bits per heavy atom. The molecule has 0 amide bonds. The van der Waals surface area contributed by atoms with E-state index < -0.39 is 5.82 Å². The van der Waals surface area contributed by atoms with Crippen molar-refractivity contribution >= 4 is 0 Å². The lowest BCUT2D eigenvalue weighted by atomic mass is 10.0. The van der Waals surface area contributed by atoms with Crippen LogP contribution in [0.2, 0.25) is 0 Å². The van der Waals surface area contributed by atoms with Crippen molar-refractivity contribution in [3.63, 3.8) is 0 Å². The lowest BCUT2D eigenvalue weighted by Crippen LogP contribution is -1.93. The number of rotatable bonds is 3. The number of phenolic OH excluding ortho intramolecular Hbond substituents is 1. The summed E-state index contributed by atoms with van der Waals surface area (Å²) in [6.07, 6.45) is 0. The molecule has 0 spiro atoms. The zero-order valence-corrected chi connectivity index (χ0v) is 10.1. The summed E-state index contributed by atoms with van der Waals surface area (Å²) in [4.78, 5) is 0. The van der Waals surface area contributed by atoms with Crippen molar-refractivity contribution in [3.8, 4) is 28.4 Å². The number of para-hydroxylation sites is 1. The maximum atomic E-state index is 13.9. The minimum absolute atomic E-state index is 0.108. The molecule has 0 saturated heterocycles. The third-order valence-corrected chi connectivity index (χ3v) is 2.68. The highest BCUT2D eigenvalue weighted by Crippen LogP contribution is 2.41. The summed E-state index contributed by atoms with van der Waals surface area (Å²) in [6, 6.07) is 9.40. The number of phenols is 1. The number of aromatic hydroxyl groups is 1. The molecule has 18 heavy (non-hydrogen) atoms. The lowest BCUT2D eigenvalue weighted by molar-refractivity contribution is 0.373. The van der Waals surface area contributed by atoms with Gasteiger partial charge in [-0.3, -0.25) is 0 Å². The molecule has 2 aromatic rings. The third kappa shape index (κ3) is 1.97. The number of halogens is 1. The van der Waals surface area contributed by atoms with Crippen LogP contribution in [0.3, 0.4) is 0 Å². The molecule has 0 aliphatic rings. The first-order valence-electron chi connectivity index (χ1n) is 5.38. The van der Waals surface area contributed by atoms with Crippen LogP contribution in [-0.4, -0.2) is 19.3 Å². The van der Waals surface area contributed by atoms with Crippen molar-refractivity contribution in [2.45, 2.75) is 0 Å². The molecule has 2 aromatic carbocycles. The Morgan fingerprint density at radius 1 is 0.944 bits per heavy atom. The van der Waals surface area contributed by atoms with Gasteiger partial charge in [0.1, 0.15) is 11.6 Å². The van der Waals surface area contributed by atoms with E-state index in [1.165, 1.54) is 20.3 Å². The predicted molar refractivity (Wildman–Crippen MR) is 66.6 cm³/mol. The van der Waals surface area contributed by atoms with Crippen LogP contribution in [0, 0.1) is 5.82 Å². The van der Waals surface area contributed by atoms with E-state index >= 15 is 0 Å². The Hall–Kier alpha value is -2.23. The number of ether oxygens (including phenoxy) is 2. The molecule has 3 nitrogen and oxygen atoms in total. The van der Waals surface area contributed by atoms with Crippen LogP contribution in [0.5, 0.6) is 17.2 Å². The second-order valence-electron chi connectivity index (χ2n) is 3.67. The van der Waals surface area contributed by atoms with Gasteiger partial charge in [-0.05, 0) is 18.2 Å². The number of methoxy groups -OCH3 is 2. The van der Waals surface area contributed by atoms with Crippen molar-refractivity contribution in [3.05, 3.63) is 42.2 Å². The van der Waals surface area contributed by atoms with E-state index in [0.717, 1.165) is 0 Å². The third-order valence-electron chi connectivity index (χ3n) is 2.68. The maximum absolute atomic E-state index is 13.9. The summed E-state index contributed by atoms with van der Waals surface area (Å²) in [7, 11) is 2.90. The normalized spacial score (nSPS) is 10.2. The van der Waals surface area contributed by atoms with E-state index in [0.29, 0.717) is 11.3 Å². The molecule has 0 unspecified atom stereocenters. The summed E-state index contributed by atoms with van der Waals surface area (Å²) in [5.74, 6) is 0.0812. The van der Waals surface area contributed by atoms with Gasteiger partial charge in [0.2, 0.25) is 0 Å². The van der Waals surface area contributed by atoms with Gasteiger partial charge < -0.3 is 14.6 Å². The van der Waals surface area contributed by atoms with Crippen LogP contribution >= 0.6 is 0 Å². The van der Waals surface area contributed by atoms with Crippen LogP contribution in [-0.2, 0) is 0 Å². The van der Waals surface area contributed by atoms with Gasteiger partial charge in [0.05, 0.1) is 19.8 Å². The zero-order valence-electron chi connectivity index (χ0n) is 10.1. The molecule has 0 aromatic heterocycles. The fourth-order valence-electron chi connectivity index (χ4n) is 1.82. The van der Waals surface area contributed by atoms with Crippen LogP contribution in [0.4, 0.5) is 4.39 Å². The molecular formula is C14H13FO3. The number of hydrogen-bond donors (Lipinski definition) is 1. The SMILES string of the molecule is COc1cccc(-c2c(F)cccc2OC)c1O. The molecule has 2 rings (SSSR count). The Labute approximate surface area is 104 Å². The highest BCUT2D eigenvalue weighted by molar-refractivity contribution is 5.78. The topological polar surface area (TPSA) is 38.7 Å². The molecule has 0 atom stereocenters. The van der Waals surface area contributed by atoms with Gasteiger partial charge in [-0.2, -0.15) is 0 Å². The minimum atomic E-state index is -0.460. The van der Waals surface area contributed by atoms with E-state index in [4.69, 9.17) is 9.47 Å². The molecule has 0 aliphatic carbocycles. The van der Waals surface area contributed by atoms with E-state index in [1.54, 1.807) is 30.3 Å². The van der Waals surface area contributed by atoms with Gasteiger partial charge in [0.25, 0.3) is 0 Å². The summed E-state index contributed by atoms with van der Waals surface area (Å²) in [6.45, 7) is 0. The first kappa shape index (κ1) is 12.2. The Kier molecular flexibility index (Phi) is 3.37. The van der Waals surface area contributed by atoms with Crippen molar-refractivity contribution in [1.82, 2.24) is 0 Å². The van der Waals surface area contributed by atoms with Crippen molar-refractivity contribution in [1.29, 1.82) is 0 Å². The fourth-order valence-corrected chi connectivity index (χ4v) is 1.82. The molecule has 0 heterocycles. The molecule has 4 heteroatoms. The van der Waals surface area contributed by atoms with E-state index in [9.17, 15) is 9.50 Å². The van der Waals surface area contributed by atoms with E-state index in [1.807, 2.05) is 0 Å². The molecule has 0 radical (unpaired) electrons. The second-order valence-corrected chi connectivity index (χ2v) is 3.67. The Balaban J connectivity index is 2.69. The minimum Gasteiger partial charge on any atom is -0.504 e. The summed E-state index contributed by atoms with van der Waals surface area (Å²) < 4.78 is 24.0. The molecule has 0 aliphatic heterocycles. The molecule has 94 valence electrons. The summed E-state index contributed by atoms with van der Waals surface area (Å²) in [5, 5.41) is 10.0. The van der Waals surface area contributed by atoms with E-state index in [2.05, 4.69) is 0 Å². The zero-order chi connectivity index (χ0) is 13.1. The quantitative estimate of drug-likeness (QED) is 0.906. The second kappa shape index (κ2) is 4.96. The fraction of sp³-hybridized carbons (Fsp3) is 0.143. The Bertz CT molecular complexity index is 567. The maximum Gasteiger partial charge on any atom is 0.165 e.